The molecule has 0 saturated heterocycles. The van der Waals surface area contributed by atoms with E-state index >= 15 is 0 Å². The lowest BCUT2D eigenvalue weighted by Gasteiger charge is -2.19. The normalized spacial score (nSPS) is 23.1. The lowest BCUT2D eigenvalue weighted by atomic mass is 10.1. The molecule has 4 N–H and O–H groups in total. The number of carbonyl (C=O) groups is 1. The van der Waals surface area contributed by atoms with E-state index in [9.17, 15) is 13.6 Å². The zero-order chi connectivity index (χ0) is 13.3. The summed E-state index contributed by atoms with van der Waals surface area (Å²) in [5.41, 5.74) is 5.11. The van der Waals surface area contributed by atoms with Crippen LogP contribution in [-0.2, 0) is 0 Å². The molecule has 2 unspecified atom stereocenters. The Labute approximate surface area is 103 Å². The molecule has 0 radical (unpaired) electrons. The van der Waals surface area contributed by atoms with E-state index in [1.807, 2.05) is 0 Å². The first-order valence-electron chi connectivity index (χ1n) is 5.74. The molecule has 0 aliphatic heterocycles. The quantitative estimate of drug-likeness (QED) is 0.772. The standard InChI is InChI=1S/C12H14F2N2O2/c13-10-6(12(17)18)4-5-9(11(10)14)16-8-3-1-2-7(8)15/h4-5,7-8,16H,1-3,15H2,(H,17,18). The van der Waals surface area contributed by atoms with Crippen LogP contribution in [0.5, 0.6) is 0 Å². The molecule has 0 heterocycles. The number of hydrogen-bond acceptors (Lipinski definition) is 3. The van der Waals surface area contributed by atoms with Gasteiger partial charge in [-0.2, -0.15) is 0 Å². The predicted octanol–water partition coefficient (Wildman–Crippen LogP) is 1.95. The molecule has 4 nitrogen and oxygen atoms in total. The summed E-state index contributed by atoms with van der Waals surface area (Å²) >= 11 is 0. The molecule has 6 heteroatoms. The monoisotopic (exact) mass is 256 g/mol. The largest absolute Gasteiger partial charge is 0.478 e. The van der Waals surface area contributed by atoms with Crippen molar-refractivity contribution in [2.24, 2.45) is 5.73 Å². The van der Waals surface area contributed by atoms with E-state index in [4.69, 9.17) is 10.8 Å². The smallest absolute Gasteiger partial charge is 0.338 e. The van der Waals surface area contributed by atoms with Crippen molar-refractivity contribution < 1.29 is 18.7 Å². The van der Waals surface area contributed by atoms with E-state index in [2.05, 4.69) is 5.32 Å². The van der Waals surface area contributed by atoms with E-state index in [1.54, 1.807) is 0 Å². The van der Waals surface area contributed by atoms with Gasteiger partial charge in [0, 0.05) is 12.1 Å². The average Bonchev–Trinajstić information content (AvgIpc) is 2.70. The molecule has 1 saturated carbocycles. The van der Waals surface area contributed by atoms with Crippen LogP contribution in [0.25, 0.3) is 0 Å². The summed E-state index contributed by atoms with van der Waals surface area (Å²) in [6, 6.07) is 2.08. The lowest BCUT2D eigenvalue weighted by Crippen LogP contribution is -2.35. The summed E-state index contributed by atoms with van der Waals surface area (Å²) < 4.78 is 27.1. The number of carboxylic acid groups (broad SMARTS) is 1. The lowest BCUT2D eigenvalue weighted by molar-refractivity contribution is 0.0690. The summed E-state index contributed by atoms with van der Waals surface area (Å²) in [6.45, 7) is 0. The molecular weight excluding hydrogens is 242 g/mol. The number of anilines is 1. The average molecular weight is 256 g/mol. The highest BCUT2D eigenvalue weighted by Gasteiger charge is 2.26. The number of hydrogen-bond donors (Lipinski definition) is 3. The third-order valence-corrected chi connectivity index (χ3v) is 3.22. The van der Waals surface area contributed by atoms with Gasteiger partial charge in [0.05, 0.1) is 11.3 Å². The minimum absolute atomic E-state index is 0.0418. The molecule has 1 aromatic carbocycles. The Kier molecular flexibility index (Phi) is 3.47. The topological polar surface area (TPSA) is 75.3 Å². The second-order valence-corrected chi connectivity index (χ2v) is 4.44. The first-order valence-corrected chi connectivity index (χ1v) is 5.74. The molecule has 1 aliphatic carbocycles. The zero-order valence-electron chi connectivity index (χ0n) is 9.62. The van der Waals surface area contributed by atoms with E-state index in [0.29, 0.717) is 0 Å². The van der Waals surface area contributed by atoms with Crippen molar-refractivity contribution in [3.63, 3.8) is 0 Å². The highest BCUT2D eigenvalue weighted by Crippen LogP contribution is 2.25. The van der Waals surface area contributed by atoms with Crippen molar-refractivity contribution in [3.05, 3.63) is 29.3 Å². The van der Waals surface area contributed by atoms with Gasteiger partial charge in [0.15, 0.2) is 11.6 Å². The van der Waals surface area contributed by atoms with Gasteiger partial charge in [0.2, 0.25) is 0 Å². The summed E-state index contributed by atoms with van der Waals surface area (Å²) in [5.74, 6) is -4.01. The van der Waals surface area contributed by atoms with Crippen molar-refractivity contribution in [2.45, 2.75) is 31.3 Å². The molecule has 1 aliphatic rings. The minimum atomic E-state index is -1.49. The minimum Gasteiger partial charge on any atom is -0.478 e. The fraction of sp³-hybridized carbons (Fsp3) is 0.417. The SMILES string of the molecule is NC1CCCC1Nc1ccc(C(=O)O)c(F)c1F. The molecule has 2 rings (SSSR count). The Hall–Kier alpha value is -1.69. The zero-order valence-corrected chi connectivity index (χ0v) is 9.62. The third kappa shape index (κ3) is 2.28. The molecule has 0 bridgehead atoms. The Morgan fingerprint density at radius 1 is 1.33 bits per heavy atom. The molecule has 0 aromatic heterocycles. The maximum absolute atomic E-state index is 13.7. The van der Waals surface area contributed by atoms with Gasteiger partial charge in [-0.1, -0.05) is 0 Å². The van der Waals surface area contributed by atoms with Crippen LogP contribution >= 0.6 is 0 Å². The first kappa shape index (κ1) is 12.8. The number of nitrogens with two attached hydrogens (primary N) is 1. The van der Waals surface area contributed by atoms with E-state index in [0.717, 1.165) is 25.3 Å². The molecule has 18 heavy (non-hydrogen) atoms. The Morgan fingerprint density at radius 2 is 2.06 bits per heavy atom. The summed E-state index contributed by atoms with van der Waals surface area (Å²) in [7, 11) is 0. The number of rotatable bonds is 3. The summed E-state index contributed by atoms with van der Waals surface area (Å²) in [4.78, 5) is 10.6. The van der Waals surface area contributed by atoms with Crippen LogP contribution in [0.2, 0.25) is 0 Å². The van der Waals surface area contributed by atoms with E-state index in [-0.39, 0.29) is 17.8 Å². The fourth-order valence-corrected chi connectivity index (χ4v) is 2.19. The summed E-state index contributed by atoms with van der Waals surface area (Å²) in [5, 5.41) is 11.5. The van der Waals surface area contributed by atoms with Crippen molar-refractivity contribution in [3.8, 4) is 0 Å². The van der Waals surface area contributed by atoms with Crippen LogP contribution in [-0.4, -0.2) is 23.2 Å². The van der Waals surface area contributed by atoms with Gasteiger partial charge in [-0.05, 0) is 31.4 Å². The van der Waals surface area contributed by atoms with Crippen LogP contribution in [0.3, 0.4) is 0 Å². The molecule has 0 spiro atoms. The third-order valence-electron chi connectivity index (χ3n) is 3.22. The van der Waals surface area contributed by atoms with Crippen LogP contribution < -0.4 is 11.1 Å². The molecular formula is C12H14F2N2O2. The number of halogens is 2. The van der Waals surface area contributed by atoms with Gasteiger partial charge < -0.3 is 16.2 Å². The Balaban J connectivity index is 2.24. The molecule has 1 aromatic rings. The maximum Gasteiger partial charge on any atom is 0.338 e. The van der Waals surface area contributed by atoms with Crippen LogP contribution in [0.4, 0.5) is 14.5 Å². The highest BCUT2D eigenvalue weighted by atomic mass is 19.2. The second-order valence-electron chi connectivity index (χ2n) is 4.44. The van der Waals surface area contributed by atoms with Gasteiger partial charge >= 0.3 is 5.97 Å². The van der Waals surface area contributed by atoms with Crippen LogP contribution in [0.15, 0.2) is 12.1 Å². The number of benzene rings is 1. The van der Waals surface area contributed by atoms with Crippen LogP contribution in [0, 0.1) is 11.6 Å². The Morgan fingerprint density at radius 3 is 2.61 bits per heavy atom. The number of aromatic carboxylic acids is 1. The van der Waals surface area contributed by atoms with Crippen molar-refractivity contribution >= 4 is 11.7 Å². The molecule has 2 atom stereocenters. The van der Waals surface area contributed by atoms with E-state index in [1.165, 1.54) is 6.07 Å². The maximum atomic E-state index is 13.7. The molecule has 0 amide bonds. The predicted molar refractivity (Wildman–Crippen MR) is 62.6 cm³/mol. The van der Waals surface area contributed by atoms with Gasteiger partial charge in [-0.15, -0.1) is 0 Å². The first-order chi connectivity index (χ1) is 8.50. The second kappa shape index (κ2) is 4.89. The van der Waals surface area contributed by atoms with Crippen molar-refractivity contribution in [1.29, 1.82) is 0 Å². The Bertz CT molecular complexity index is 479. The van der Waals surface area contributed by atoms with Crippen LogP contribution in [0.1, 0.15) is 29.6 Å². The highest BCUT2D eigenvalue weighted by molar-refractivity contribution is 5.88. The fourth-order valence-electron chi connectivity index (χ4n) is 2.19. The molecule has 98 valence electrons. The summed E-state index contributed by atoms with van der Waals surface area (Å²) in [6.07, 6.45) is 2.58. The van der Waals surface area contributed by atoms with Gasteiger partial charge in [-0.25, -0.2) is 13.6 Å². The van der Waals surface area contributed by atoms with Gasteiger partial charge in [0.1, 0.15) is 0 Å². The number of nitrogens with one attached hydrogen (secondary N) is 1. The molecule has 1 fully saturated rings. The van der Waals surface area contributed by atoms with Crippen molar-refractivity contribution in [2.75, 3.05) is 5.32 Å². The van der Waals surface area contributed by atoms with Gasteiger partial charge in [-0.3, -0.25) is 0 Å². The van der Waals surface area contributed by atoms with Gasteiger partial charge in [0.25, 0.3) is 0 Å². The van der Waals surface area contributed by atoms with Crippen molar-refractivity contribution in [1.82, 2.24) is 0 Å². The van der Waals surface area contributed by atoms with E-state index < -0.39 is 23.2 Å². The number of carboxylic acids is 1.